The van der Waals surface area contributed by atoms with Crippen molar-refractivity contribution >= 4 is 22.7 Å². The van der Waals surface area contributed by atoms with E-state index >= 15 is 0 Å². The van der Waals surface area contributed by atoms with E-state index in [1.165, 1.54) is 11.6 Å². The van der Waals surface area contributed by atoms with E-state index in [1.54, 1.807) is 0 Å². The van der Waals surface area contributed by atoms with E-state index in [0.717, 1.165) is 22.2 Å². The molecule has 3 rings (SSSR count). The Morgan fingerprint density at radius 3 is 2.82 bits per heavy atom. The summed E-state index contributed by atoms with van der Waals surface area (Å²) in [4.78, 5) is 11.5. The van der Waals surface area contributed by atoms with Crippen LogP contribution in [0.25, 0.3) is 17.0 Å². The van der Waals surface area contributed by atoms with Crippen molar-refractivity contribution in [3.63, 3.8) is 0 Å². The van der Waals surface area contributed by atoms with E-state index in [2.05, 4.69) is 18.0 Å². The number of anilines is 1. The molecule has 0 radical (unpaired) electrons. The van der Waals surface area contributed by atoms with Crippen LogP contribution in [0.3, 0.4) is 0 Å². The van der Waals surface area contributed by atoms with Crippen LogP contribution in [0.5, 0.6) is 0 Å². The Kier molecular flexibility index (Phi) is 3.79. The molecule has 1 aromatic heterocycles. The molecule has 3 heteroatoms. The molecule has 1 N–H and O–H groups in total. The van der Waals surface area contributed by atoms with Crippen molar-refractivity contribution in [2.75, 3.05) is 5.32 Å². The van der Waals surface area contributed by atoms with Crippen LogP contribution in [0.2, 0.25) is 0 Å². The van der Waals surface area contributed by atoms with Crippen LogP contribution in [0.4, 0.5) is 5.69 Å². The molecule has 2 aromatic carbocycles. The van der Waals surface area contributed by atoms with Crippen LogP contribution in [-0.4, -0.2) is 0 Å². The molecule has 3 aromatic rings. The van der Waals surface area contributed by atoms with Gasteiger partial charge >= 0.3 is 5.63 Å². The van der Waals surface area contributed by atoms with Crippen LogP contribution in [0.1, 0.15) is 16.7 Å². The predicted octanol–water partition coefficient (Wildman–Crippen LogP) is 4.36. The van der Waals surface area contributed by atoms with Crippen molar-refractivity contribution in [3.8, 4) is 0 Å². The first-order chi connectivity index (χ1) is 10.7. The van der Waals surface area contributed by atoms with Crippen molar-refractivity contribution in [1.82, 2.24) is 0 Å². The van der Waals surface area contributed by atoms with Crippen LogP contribution in [0.15, 0.2) is 64.3 Å². The van der Waals surface area contributed by atoms with Gasteiger partial charge in [-0.1, -0.05) is 36.9 Å². The summed E-state index contributed by atoms with van der Waals surface area (Å²) >= 11 is 0. The van der Waals surface area contributed by atoms with Gasteiger partial charge < -0.3 is 9.73 Å². The SMILES string of the molecule is C=Cc1ccccc1CNc1ccc2c(C)cc(=O)oc2c1. The Balaban J connectivity index is 1.88. The average molecular weight is 291 g/mol. The molecule has 0 saturated carbocycles. The normalized spacial score (nSPS) is 10.6. The molecule has 110 valence electrons. The molecule has 0 aliphatic heterocycles. The summed E-state index contributed by atoms with van der Waals surface area (Å²) in [6.45, 7) is 6.42. The van der Waals surface area contributed by atoms with E-state index < -0.39 is 0 Å². The van der Waals surface area contributed by atoms with Gasteiger partial charge in [0.2, 0.25) is 0 Å². The second kappa shape index (κ2) is 5.90. The molecule has 0 spiro atoms. The standard InChI is InChI=1S/C19H17NO2/c1-3-14-6-4-5-7-15(14)12-20-16-8-9-17-13(2)10-19(21)22-18(17)11-16/h3-11,20H,1,12H2,2H3. The molecule has 0 atom stereocenters. The quantitative estimate of drug-likeness (QED) is 0.726. The summed E-state index contributed by atoms with van der Waals surface area (Å²) in [5, 5.41) is 4.31. The van der Waals surface area contributed by atoms with Gasteiger partial charge in [0.25, 0.3) is 0 Å². The lowest BCUT2D eigenvalue weighted by atomic mass is 10.1. The fourth-order valence-corrected chi connectivity index (χ4v) is 2.53. The molecule has 0 fully saturated rings. The van der Waals surface area contributed by atoms with Gasteiger partial charge in [0.1, 0.15) is 5.58 Å². The number of rotatable bonds is 4. The minimum absolute atomic E-state index is 0.320. The van der Waals surface area contributed by atoms with Crippen molar-refractivity contribution in [1.29, 1.82) is 0 Å². The van der Waals surface area contributed by atoms with Gasteiger partial charge in [0.05, 0.1) is 0 Å². The zero-order valence-electron chi connectivity index (χ0n) is 12.4. The zero-order chi connectivity index (χ0) is 15.5. The fourth-order valence-electron chi connectivity index (χ4n) is 2.53. The highest BCUT2D eigenvalue weighted by Gasteiger charge is 2.04. The van der Waals surface area contributed by atoms with Gasteiger partial charge in [-0.25, -0.2) is 4.79 Å². The largest absolute Gasteiger partial charge is 0.423 e. The maximum absolute atomic E-state index is 11.5. The zero-order valence-corrected chi connectivity index (χ0v) is 12.4. The van der Waals surface area contributed by atoms with Gasteiger partial charge in [-0.3, -0.25) is 0 Å². The van der Waals surface area contributed by atoms with Gasteiger partial charge in [-0.2, -0.15) is 0 Å². The van der Waals surface area contributed by atoms with Crippen LogP contribution < -0.4 is 10.9 Å². The van der Waals surface area contributed by atoms with Gasteiger partial charge in [0.15, 0.2) is 0 Å². The molecule has 0 amide bonds. The molecular weight excluding hydrogens is 274 g/mol. The molecule has 0 saturated heterocycles. The van der Waals surface area contributed by atoms with Crippen molar-refractivity contribution < 1.29 is 4.42 Å². The van der Waals surface area contributed by atoms with E-state index in [0.29, 0.717) is 12.1 Å². The number of hydrogen-bond acceptors (Lipinski definition) is 3. The predicted molar refractivity (Wildman–Crippen MR) is 91.1 cm³/mol. The average Bonchev–Trinajstić information content (AvgIpc) is 2.52. The first-order valence-electron chi connectivity index (χ1n) is 7.16. The summed E-state index contributed by atoms with van der Waals surface area (Å²) in [6, 6.07) is 15.4. The molecule has 0 aliphatic rings. The highest BCUT2D eigenvalue weighted by Crippen LogP contribution is 2.21. The van der Waals surface area contributed by atoms with Crippen LogP contribution in [-0.2, 0) is 6.54 Å². The van der Waals surface area contributed by atoms with Crippen molar-refractivity contribution in [3.05, 3.63) is 82.2 Å². The Morgan fingerprint density at radius 2 is 2.00 bits per heavy atom. The second-order valence-electron chi connectivity index (χ2n) is 5.22. The third kappa shape index (κ3) is 2.79. The maximum atomic E-state index is 11.5. The molecular formula is C19H17NO2. The number of aryl methyl sites for hydroxylation is 1. The minimum atomic E-state index is -0.320. The number of fused-ring (bicyclic) bond motifs is 1. The highest BCUT2D eigenvalue weighted by molar-refractivity contribution is 5.83. The highest BCUT2D eigenvalue weighted by atomic mass is 16.4. The molecule has 22 heavy (non-hydrogen) atoms. The molecule has 0 aliphatic carbocycles. The monoisotopic (exact) mass is 291 g/mol. The fraction of sp³-hybridized carbons (Fsp3) is 0.105. The third-order valence-electron chi connectivity index (χ3n) is 3.71. The number of nitrogens with one attached hydrogen (secondary N) is 1. The number of benzene rings is 2. The summed E-state index contributed by atoms with van der Waals surface area (Å²) < 4.78 is 5.27. The van der Waals surface area contributed by atoms with Gasteiger partial charge in [-0.15, -0.1) is 0 Å². The molecule has 1 heterocycles. The van der Waals surface area contributed by atoms with E-state index in [9.17, 15) is 4.79 Å². The lowest BCUT2D eigenvalue weighted by Crippen LogP contribution is -2.02. The second-order valence-corrected chi connectivity index (χ2v) is 5.22. The smallest absolute Gasteiger partial charge is 0.336 e. The van der Waals surface area contributed by atoms with Crippen molar-refractivity contribution in [2.24, 2.45) is 0 Å². The summed E-state index contributed by atoms with van der Waals surface area (Å²) in [5.41, 5.74) is 4.41. The summed E-state index contributed by atoms with van der Waals surface area (Å²) in [7, 11) is 0. The Morgan fingerprint density at radius 1 is 1.18 bits per heavy atom. The van der Waals surface area contributed by atoms with Crippen LogP contribution in [0, 0.1) is 6.92 Å². The first-order valence-corrected chi connectivity index (χ1v) is 7.16. The molecule has 0 unspecified atom stereocenters. The lowest BCUT2D eigenvalue weighted by molar-refractivity contribution is 0.560. The Hall–Kier alpha value is -2.81. The molecule has 3 nitrogen and oxygen atoms in total. The minimum Gasteiger partial charge on any atom is -0.423 e. The van der Waals surface area contributed by atoms with Crippen LogP contribution >= 0.6 is 0 Å². The topological polar surface area (TPSA) is 42.2 Å². The number of hydrogen-bond donors (Lipinski definition) is 1. The Bertz CT molecular complexity index is 893. The maximum Gasteiger partial charge on any atom is 0.336 e. The van der Waals surface area contributed by atoms with E-state index in [4.69, 9.17) is 4.42 Å². The Labute approximate surface area is 128 Å². The van der Waals surface area contributed by atoms with E-state index in [-0.39, 0.29) is 5.63 Å². The molecule has 0 bridgehead atoms. The van der Waals surface area contributed by atoms with Crippen molar-refractivity contribution in [2.45, 2.75) is 13.5 Å². The summed E-state index contributed by atoms with van der Waals surface area (Å²) in [5.74, 6) is 0. The summed E-state index contributed by atoms with van der Waals surface area (Å²) in [6.07, 6.45) is 1.85. The van der Waals surface area contributed by atoms with Gasteiger partial charge in [-0.05, 0) is 35.7 Å². The van der Waals surface area contributed by atoms with Gasteiger partial charge in [0, 0.05) is 29.8 Å². The van der Waals surface area contributed by atoms with E-state index in [1.807, 2.05) is 49.4 Å². The first kappa shape index (κ1) is 14.1. The third-order valence-corrected chi connectivity index (χ3v) is 3.71. The lowest BCUT2D eigenvalue weighted by Gasteiger charge is -2.10.